The maximum absolute atomic E-state index is 6.04. The molecule has 0 amide bonds. The predicted molar refractivity (Wildman–Crippen MR) is 70.2 cm³/mol. The summed E-state index contributed by atoms with van der Waals surface area (Å²) >= 11 is 0. The van der Waals surface area contributed by atoms with E-state index in [1.165, 1.54) is 51.4 Å². The molecule has 1 nitrogen and oxygen atoms in total. The second kappa shape index (κ2) is 6.13. The van der Waals surface area contributed by atoms with Gasteiger partial charge in [0, 0.05) is 0 Å². The molecule has 2 fully saturated rings. The molecular formula is C16H22O. The molecule has 0 aromatic heterocycles. The molecule has 2 aliphatic carbocycles. The normalized spacial score (nSPS) is 25.3. The van der Waals surface area contributed by atoms with Crippen LogP contribution in [0, 0.1) is 36.5 Å². The minimum Gasteiger partial charge on any atom is -0.349 e. The van der Waals surface area contributed by atoms with E-state index in [2.05, 4.69) is 11.8 Å². The topological polar surface area (TPSA) is 9.23 Å². The van der Waals surface area contributed by atoms with E-state index >= 15 is 0 Å². The Labute approximate surface area is 105 Å². The van der Waals surface area contributed by atoms with Crippen LogP contribution in [-0.2, 0) is 4.74 Å². The Morgan fingerprint density at radius 3 is 1.41 bits per heavy atom. The Balaban J connectivity index is 1.91. The molecule has 0 N–H and O–H groups in total. The third kappa shape index (κ3) is 3.05. The Morgan fingerprint density at radius 2 is 1.12 bits per heavy atom. The molecule has 2 atom stereocenters. The molecule has 92 valence electrons. The van der Waals surface area contributed by atoms with Crippen molar-refractivity contribution in [3.63, 3.8) is 0 Å². The molecule has 0 aromatic carbocycles. The molecule has 1 heteroatoms. The van der Waals surface area contributed by atoms with Crippen molar-refractivity contribution in [2.24, 2.45) is 11.8 Å². The molecule has 2 saturated carbocycles. The summed E-state index contributed by atoms with van der Waals surface area (Å²) < 4.78 is 6.04. The number of terminal acetylenes is 2. The van der Waals surface area contributed by atoms with E-state index in [1.54, 1.807) is 0 Å². The maximum Gasteiger partial charge on any atom is 0.122 e. The lowest BCUT2D eigenvalue weighted by molar-refractivity contribution is -0.00748. The first-order valence-corrected chi connectivity index (χ1v) is 6.93. The van der Waals surface area contributed by atoms with Crippen LogP contribution < -0.4 is 0 Å². The van der Waals surface area contributed by atoms with E-state index in [-0.39, 0.29) is 12.2 Å². The minimum absolute atomic E-state index is 0.0563. The van der Waals surface area contributed by atoms with Crippen LogP contribution in [0.5, 0.6) is 0 Å². The second-order valence-electron chi connectivity index (χ2n) is 5.40. The number of hydrogen-bond donors (Lipinski definition) is 0. The Kier molecular flexibility index (Phi) is 4.52. The van der Waals surface area contributed by atoms with Gasteiger partial charge in [0.1, 0.15) is 12.2 Å². The van der Waals surface area contributed by atoms with Crippen molar-refractivity contribution in [1.82, 2.24) is 0 Å². The van der Waals surface area contributed by atoms with Gasteiger partial charge in [-0.2, -0.15) is 0 Å². The Bertz CT molecular complexity index is 275. The van der Waals surface area contributed by atoms with Gasteiger partial charge in [0.15, 0.2) is 0 Å². The number of hydrogen-bond acceptors (Lipinski definition) is 1. The average molecular weight is 230 g/mol. The summed E-state index contributed by atoms with van der Waals surface area (Å²) in [6, 6.07) is 0. The molecule has 0 spiro atoms. The third-order valence-corrected chi connectivity index (χ3v) is 4.28. The maximum atomic E-state index is 6.04. The van der Waals surface area contributed by atoms with Gasteiger partial charge >= 0.3 is 0 Å². The monoisotopic (exact) mass is 230 g/mol. The smallest absolute Gasteiger partial charge is 0.122 e. The van der Waals surface area contributed by atoms with Gasteiger partial charge in [-0.15, -0.1) is 12.8 Å². The van der Waals surface area contributed by atoms with Gasteiger partial charge in [-0.25, -0.2) is 0 Å². The molecular weight excluding hydrogens is 208 g/mol. The highest BCUT2D eigenvalue weighted by molar-refractivity contribution is 5.05. The summed E-state index contributed by atoms with van der Waals surface area (Å²) in [4.78, 5) is 0. The van der Waals surface area contributed by atoms with Crippen LogP contribution in [0.1, 0.15) is 51.4 Å². The standard InChI is InChI=1S/C16H22O/c1-3-15(13-9-5-6-10-13)17-16(4-2)14-11-7-8-12-14/h1-2,13-16H,5-12H2. The van der Waals surface area contributed by atoms with Gasteiger partial charge in [-0.05, 0) is 37.5 Å². The van der Waals surface area contributed by atoms with Gasteiger partial charge in [-0.3, -0.25) is 0 Å². The fourth-order valence-electron chi connectivity index (χ4n) is 3.25. The number of rotatable bonds is 4. The van der Waals surface area contributed by atoms with Crippen LogP contribution in [0.15, 0.2) is 0 Å². The summed E-state index contributed by atoms with van der Waals surface area (Å²) in [5.74, 6) is 6.71. The molecule has 0 aromatic rings. The Morgan fingerprint density at radius 1 is 0.765 bits per heavy atom. The quantitative estimate of drug-likeness (QED) is 0.673. The summed E-state index contributed by atoms with van der Waals surface area (Å²) in [6.45, 7) is 0. The fourth-order valence-corrected chi connectivity index (χ4v) is 3.25. The molecule has 0 saturated heterocycles. The van der Waals surface area contributed by atoms with Crippen molar-refractivity contribution >= 4 is 0 Å². The molecule has 2 rings (SSSR count). The first kappa shape index (κ1) is 12.5. The predicted octanol–water partition coefficient (Wildman–Crippen LogP) is 3.39. The first-order valence-electron chi connectivity index (χ1n) is 6.93. The van der Waals surface area contributed by atoms with Crippen molar-refractivity contribution in [2.75, 3.05) is 0 Å². The van der Waals surface area contributed by atoms with E-state index in [0.717, 1.165) is 0 Å². The van der Waals surface area contributed by atoms with Crippen LogP contribution in [0.4, 0.5) is 0 Å². The minimum atomic E-state index is -0.0563. The molecule has 2 unspecified atom stereocenters. The van der Waals surface area contributed by atoms with Crippen molar-refractivity contribution in [3.05, 3.63) is 0 Å². The largest absolute Gasteiger partial charge is 0.349 e. The molecule has 0 heterocycles. The van der Waals surface area contributed by atoms with Crippen LogP contribution in [-0.4, -0.2) is 12.2 Å². The fraction of sp³-hybridized carbons (Fsp3) is 0.750. The molecule has 0 aliphatic heterocycles. The zero-order chi connectivity index (χ0) is 12.1. The van der Waals surface area contributed by atoms with Crippen LogP contribution in [0.25, 0.3) is 0 Å². The van der Waals surface area contributed by atoms with Gasteiger partial charge in [0.25, 0.3) is 0 Å². The Hall–Kier alpha value is -0.920. The van der Waals surface area contributed by atoms with Crippen LogP contribution in [0.3, 0.4) is 0 Å². The zero-order valence-corrected chi connectivity index (χ0v) is 10.5. The van der Waals surface area contributed by atoms with Crippen molar-refractivity contribution < 1.29 is 4.74 Å². The summed E-state index contributed by atoms with van der Waals surface area (Å²) in [5.41, 5.74) is 0. The number of ether oxygens (including phenoxy) is 1. The lowest BCUT2D eigenvalue weighted by Gasteiger charge is -2.25. The molecule has 0 bridgehead atoms. The second-order valence-corrected chi connectivity index (χ2v) is 5.40. The zero-order valence-electron chi connectivity index (χ0n) is 10.5. The van der Waals surface area contributed by atoms with Crippen molar-refractivity contribution in [3.8, 4) is 24.7 Å². The van der Waals surface area contributed by atoms with E-state index in [4.69, 9.17) is 17.6 Å². The summed E-state index contributed by atoms with van der Waals surface area (Å²) in [6.07, 6.45) is 21.1. The van der Waals surface area contributed by atoms with Gasteiger partial charge in [0.2, 0.25) is 0 Å². The lowest BCUT2D eigenvalue weighted by Crippen LogP contribution is -2.30. The molecule has 2 aliphatic rings. The SMILES string of the molecule is C#CC(OC(C#C)C1CCCC1)C1CCCC1. The van der Waals surface area contributed by atoms with Gasteiger partial charge in [-0.1, -0.05) is 37.5 Å². The van der Waals surface area contributed by atoms with Gasteiger partial charge in [0.05, 0.1) is 0 Å². The van der Waals surface area contributed by atoms with Crippen molar-refractivity contribution in [2.45, 2.75) is 63.6 Å². The first-order chi connectivity index (χ1) is 8.35. The average Bonchev–Trinajstić information content (AvgIpc) is 3.03. The van der Waals surface area contributed by atoms with E-state index in [9.17, 15) is 0 Å². The van der Waals surface area contributed by atoms with E-state index in [1.807, 2.05) is 0 Å². The highest BCUT2D eigenvalue weighted by Crippen LogP contribution is 2.33. The van der Waals surface area contributed by atoms with E-state index in [0.29, 0.717) is 11.8 Å². The van der Waals surface area contributed by atoms with Gasteiger partial charge < -0.3 is 4.74 Å². The van der Waals surface area contributed by atoms with E-state index < -0.39 is 0 Å². The van der Waals surface area contributed by atoms with Crippen LogP contribution >= 0.6 is 0 Å². The highest BCUT2D eigenvalue weighted by Gasteiger charge is 2.30. The molecule has 17 heavy (non-hydrogen) atoms. The summed E-state index contributed by atoms with van der Waals surface area (Å²) in [7, 11) is 0. The highest BCUT2D eigenvalue weighted by atomic mass is 16.5. The lowest BCUT2D eigenvalue weighted by atomic mass is 9.98. The third-order valence-electron chi connectivity index (χ3n) is 4.28. The van der Waals surface area contributed by atoms with Crippen LogP contribution in [0.2, 0.25) is 0 Å². The van der Waals surface area contributed by atoms with Crippen molar-refractivity contribution in [1.29, 1.82) is 0 Å². The summed E-state index contributed by atoms with van der Waals surface area (Å²) in [5, 5.41) is 0. The molecule has 0 radical (unpaired) electrons.